The topological polar surface area (TPSA) is 72.2 Å². The molecule has 0 saturated heterocycles. The highest BCUT2D eigenvalue weighted by molar-refractivity contribution is 5.99. The monoisotopic (exact) mass is 378 g/mol. The van der Waals surface area contributed by atoms with Crippen molar-refractivity contribution in [3.63, 3.8) is 0 Å². The lowest BCUT2D eigenvalue weighted by atomic mass is 9.92. The molecule has 1 atom stereocenters. The summed E-state index contributed by atoms with van der Waals surface area (Å²) in [5.74, 6) is -1.27. The highest BCUT2D eigenvalue weighted by atomic mass is 16.2. The largest absolute Gasteiger partial charge is 0.369 e. The average molecular weight is 379 g/mol. The van der Waals surface area contributed by atoms with Gasteiger partial charge in [0.15, 0.2) is 0 Å². The number of allylic oxidation sites excluding steroid dienone is 2. The molecule has 0 aliphatic heterocycles. The van der Waals surface area contributed by atoms with Crippen molar-refractivity contribution in [1.29, 1.82) is 0 Å². The Bertz CT molecular complexity index is 444. The van der Waals surface area contributed by atoms with Gasteiger partial charge in [-0.1, -0.05) is 77.0 Å². The molecule has 0 aromatic carbocycles. The fourth-order valence-electron chi connectivity index (χ4n) is 3.16. The van der Waals surface area contributed by atoms with Crippen molar-refractivity contribution in [1.82, 2.24) is 5.32 Å². The maximum absolute atomic E-state index is 11.8. The number of nitrogens with two attached hydrogens (primary N) is 1. The van der Waals surface area contributed by atoms with Crippen LogP contribution in [0.4, 0.5) is 0 Å². The van der Waals surface area contributed by atoms with Gasteiger partial charge in [-0.3, -0.25) is 9.59 Å². The number of carbonyl (C=O) groups excluding carboxylic acids is 2. The SMILES string of the molecule is C=C(C(=O)NCC)C(CCCCCC/C=C\CCCCCCCC)C(N)=O. The second-order valence-corrected chi connectivity index (χ2v) is 7.36. The van der Waals surface area contributed by atoms with Crippen LogP contribution in [0.2, 0.25) is 0 Å². The van der Waals surface area contributed by atoms with E-state index in [9.17, 15) is 9.59 Å². The van der Waals surface area contributed by atoms with Crippen LogP contribution >= 0.6 is 0 Å². The van der Waals surface area contributed by atoms with Gasteiger partial charge in [-0.2, -0.15) is 0 Å². The molecule has 0 saturated carbocycles. The fraction of sp³-hybridized carbons (Fsp3) is 0.739. The predicted octanol–water partition coefficient (Wildman–Crippen LogP) is 5.43. The molecule has 0 fully saturated rings. The van der Waals surface area contributed by atoms with Gasteiger partial charge in [0.25, 0.3) is 0 Å². The van der Waals surface area contributed by atoms with E-state index in [0.29, 0.717) is 18.5 Å². The molecule has 4 heteroatoms. The molecular weight excluding hydrogens is 336 g/mol. The number of carbonyl (C=O) groups is 2. The van der Waals surface area contributed by atoms with Crippen LogP contribution in [0.5, 0.6) is 0 Å². The van der Waals surface area contributed by atoms with Crippen LogP contribution in [0.15, 0.2) is 24.3 Å². The lowest BCUT2D eigenvalue weighted by molar-refractivity contribution is -0.124. The van der Waals surface area contributed by atoms with E-state index < -0.39 is 11.8 Å². The van der Waals surface area contributed by atoms with Crippen LogP contribution in [0.1, 0.15) is 97.3 Å². The number of nitrogens with one attached hydrogen (secondary N) is 1. The lowest BCUT2D eigenvalue weighted by Crippen LogP contribution is -2.33. The van der Waals surface area contributed by atoms with Gasteiger partial charge in [-0.15, -0.1) is 0 Å². The summed E-state index contributed by atoms with van der Waals surface area (Å²) in [4.78, 5) is 23.4. The zero-order valence-corrected chi connectivity index (χ0v) is 17.7. The number of hydrogen-bond donors (Lipinski definition) is 2. The molecule has 0 spiro atoms. The predicted molar refractivity (Wildman–Crippen MR) is 115 cm³/mol. The first-order chi connectivity index (χ1) is 13.0. The summed E-state index contributed by atoms with van der Waals surface area (Å²) in [5, 5.41) is 2.68. The minimum absolute atomic E-state index is 0.267. The number of likely N-dealkylation sites (N-methyl/N-ethyl adjacent to an activating group) is 1. The van der Waals surface area contributed by atoms with Crippen molar-refractivity contribution >= 4 is 11.8 Å². The Labute approximate surface area is 167 Å². The Kier molecular flexibility index (Phi) is 16.8. The number of unbranched alkanes of at least 4 members (excludes halogenated alkanes) is 10. The molecule has 2 amide bonds. The van der Waals surface area contributed by atoms with E-state index in [1.807, 2.05) is 6.92 Å². The van der Waals surface area contributed by atoms with E-state index >= 15 is 0 Å². The van der Waals surface area contributed by atoms with Crippen LogP contribution in [-0.4, -0.2) is 18.4 Å². The van der Waals surface area contributed by atoms with Crippen molar-refractivity contribution < 1.29 is 9.59 Å². The van der Waals surface area contributed by atoms with Crippen molar-refractivity contribution in [2.75, 3.05) is 6.54 Å². The molecule has 0 aliphatic carbocycles. The molecule has 3 N–H and O–H groups in total. The summed E-state index contributed by atoms with van der Waals surface area (Å²) in [6.07, 6.45) is 19.9. The number of rotatable bonds is 18. The van der Waals surface area contributed by atoms with Crippen molar-refractivity contribution in [2.45, 2.75) is 97.3 Å². The van der Waals surface area contributed by atoms with Crippen LogP contribution in [0, 0.1) is 5.92 Å². The second kappa shape index (κ2) is 17.8. The highest BCUT2D eigenvalue weighted by Gasteiger charge is 2.23. The van der Waals surface area contributed by atoms with Gasteiger partial charge in [0, 0.05) is 12.1 Å². The molecule has 1 unspecified atom stereocenters. The fourth-order valence-corrected chi connectivity index (χ4v) is 3.16. The average Bonchev–Trinajstić information content (AvgIpc) is 2.64. The molecule has 4 nitrogen and oxygen atoms in total. The Morgan fingerprint density at radius 2 is 1.41 bits per heavy atom. The van der Waals surface area contributed by atoms with Crippen LogP contribution < -0.4 is 11.1 Å². The molecule has 0 rings (SSSR count). The molecule has 0 heterocycles. The van der Waals surface area contributed by atoms with Crippen molar-refractivity contribution in [3.8, 4) is 0 Å². The molecule has 0 aromatic heterocycles. The zero-order chi connectivity index (χ0) is 20.3. The molecule has 27 heavy (non-hydrogen) atoms. The molecule has 0 radical (unpaired) electrons. The van der Waals surface area contributed by atoms with E-state index in [2.05, 4.69) is 31.0 Å². The number of hydrogen-bond acceptors (Lipinski definition) is 2. The Morgan fingerprint density at radius 1 is 0.889 bits per heavy atom. The highest BCUT2D eigenvalue weighted by Crippen LogP contribution is 2.18. The molecule has 0 aromatic rings. The maximum Gasteiger partial charge on any atom is 0.247 e. The van der Waals surface area contributed by atoms with Crippen LogP contribution in [-0.2, 0) is 9.59 Å². The summed E-state index contributed by atoms with van der Waals surface area (Å²) in [5.41, 5.74) is 5.73. The number of amides is 2. The first-order valence-corrected chi connectivity index (χ1v) is 11.0. The minimum atomic E-state index is -0.547. The van der Waals surface area contributed by atoms with Gasteiger partial charge in [0.2, 0.25) is 11.8 Å². The van der Waals surface area contributed by atoms with E-state index in [4.69, 9.17) is 5.73 Å². The van der Waals surface area contributed by atoms with Crippen molar-refractivity contribution in [2.24, 2.45) is 11.7 Å². The molecule has 0 bridgehead atoms. The van der Waals surface area contributed by atoms with Gasteiger partial charge >= 0.3 is 0 Å². The van der Waals surface area contributed by atoms with Gasteiger partial charge in [-0.05, 0) is 39.0 Å². The molecule has 0 aliphatic rings. The van der Waals surface area contributed by atoms with Crippen molar-refractivity contribution in [3.05, 3.63) is 24.3 Å². The summed E-state index contributed by atoms with van der Waals surface area (Å²) < 4.78 is 0. The first-order valence-electron chi connectivity index (χ1n) is 11.0. The van der Waals surface area contributed by atoms with Crippen LogP contribution in [0.3, 0.4) is 0 Å². The smallest absolute Gasteiger partial charge is 0.247 e. The Morgan fingerprint density at radius 3 is 1.93 bits per heavy atom. The Hall–Kier alpha value is -1.58. The summed E-state index contributed by atoms with van der Waals surface area (Å²) in [7, 11) is 0. The molecular formula is C23H42N2O2. The second-order valence-electron chi connectivity index (χ2n) is 7.36. The third-order valence-corrected chi connectivity index (χ3v) is 4.90. The van der Waals surface area contributed by atoms with Gasteiger partial charge in [0.05, 0.1) is 5.92 Å². The zero-order valence-electron chi connectivity index (χ0n) is 17.7. The van der Waals surface area contributed by atoms with Crippen LogP contribution in [0.25, 0.3) is 0 Å². The number of primary amides is 1. The normalized spacial score (nSPS) is 12.2. The van der Waals surface area contributed by atoms with Gasteiger partial charge in [0.1, 0.15) is 0 Å². The Balaban J connectivity index is 3.70. The van der Waals surface area contributed by atoms with E-state index in [0.717, 1.165) is 25.7 Å². The summed E-state index contributed by atoms with van der Waals surface area (Å²) >= 11 is 0. The van der Waals surface area contributed by atoms with E-state index in [1.165, 1.54) is 51.4 Å². The third kappa shape index (κ3) is 14.2. The standard InChI is InChI=1S/C23H42N2O2/c1-4-6-7-8-9-10-11-12-13-14-15-16-17-18-19-21(22(24)26)20(3)23(27)25-5-2/h12-13,21H,3-11,14-19H2,1-2H3,(H2,24,26)(H,25,27)/b13-12-. The first kappa shape index (κ1) is 25.4. The summed E-state index contributed by atoms with van der Waals surface area (Å²) in [6.45, 7) is 8.37. The van der Waals surface area contributed by atoms with Gasteiger partial charge < -0.3 is 11.1 Å². The third-order valence-electron chi connectivity index (χ3n) is 4.90. The van der Waals surface area contributed by atoms with Gasteiger partial charge in [-0.25, -0.2) is 0 Å². The quantitative estimate of drug-likeness (QED) is 0.190. The lowest BCUT2D eigenvalue weighted by Gasteiger charge is -2.15. The van der Waals surface area contributed by atoms with E-state index in [-0.39, 0.29) is 5.91 Å². The maximum atomic E-state index is 11.8. The van der Waals surface area contributed by atoms with E-state index in [1.54, 1.807) is 0 Å². The molecule has 156 valence electrons. The summed E-state index contributed by atoms with van der Waals surface area (Å²) in [6, 6.07) is 0. The minimum Gasteiger partial charge on any atom is -0.369 e.